The van der Waals surface area contributed by atoms with E-state index in [1.807, 2.05) is 36.4 Å². The van der Waals surface area contributed by atoms with Crippen LogP contribution in [0.15, 0.2) is 53.5 Å². The number of nitrogens with two attached hydrogens (primary N) is 1. The normalized spacial score (nSPS) is 13.9. The highest BCUT2D eigenvalue weighted by molar-refractivity contribution is 14.0. The van der Waals surface area contributed by atoms with E-state index in [1.165, 1.54) is 18.4 Å². The Hall–Kier alpha value is -1.76. The monoisotopic (exact) mass is 451 g/mol. The summed E-state index contributed by atoms with van der Waals surface area (Å²) >= 11 is 0. The molecule has 0 aromatic heterocycles. The smallest absolute Gasteiger partial charge is 0.193 e. The second kappa shape index (κ2) is 9.65. The van der Waals surface area contributed by atoms with Gasteiger partial charge in [0.25, 0.3) is 0 Å². The molecule has 0 atom stereocenters. The van der Waals surface area contributed by atoms with Crippen molar-refractivity contribution in [2.24, 2.45) is 16.6 Å². The molecule has 0 spiro atoms. The molecule has 5 heteroatoms. The summed E-state index contributed by atoms with van der Waals surface area (Å²) in [5.41, 5.74) is 9.32. The van der Waals surface area contributed by atoms with Crippen molar-refractivity contribution < 1.29 is 4.74 Å². The zero-order valence-corrected chi connectivity index (χ0v) is 16.9. The van der Waals surface area contributed by atoms with E-state index in [1.54, 1.807) is 0 Å². The number of nitrogens with zero attached hydrogens (tertiary/aromatic N) is 1. The molecule has 0 radical (unpaired) electrons. The average molecular weight is 451 g/mol. The van der Waals surface area contributed by atoms with Crippen LogP contribution in [0.25, 0.3) is 0 Å². The molecule has 1 saturated carbocycles. The topological polar surface area (TPSA) is 59.6 Å². The Morgan fingerprint density at radius 2 is 2.00 bits per heavy atom. The SMILES string of the molecule is CCc1cccc(NC(N)=NCc2ccccc2OCC2CC2)c1.I. The van der Waals surface area contributed by atoms with Gasteiger partial charge in [0.05, 0.1) is 13.2 Å². The van der Waals surface area contributed by atoms with Crippen LogP contribution in [0.1, 0.15) is 30.9 Å². The Morgan fingerprint density at radius 1 is 1.20 bits per heavy atom. The van der Waals surface area contributed by atoms with Crippen molar-refractivity contribution in [3.05, 3.63) is 59.7 Å². The lowest BCUT2D eigenvalue weighted by atomic mass is 10.1. The zero-order valence-electron chi connectivity index (χ0n) is 14.6. The van der Waals surface area contributed by atoms with Gasteiger partial charge in [-0.1, -0.05) is 37.3 Å². The molecular formula is C20H26IN3O. The van der Waals surface area contributed by atoms with Crippen molar-refractivity contribution in [1.82, 2.24) is 0 Å². The predicted molar refractivity (Wildman–Crippen MR) is 115 cm³/mol. The number of anilines is 1. The number of para-hydroxylation sites is 1. The first-order valence-corrected chi connectivity index (χ1v) is 8.61. The van der Waals surface area contributed by atoms with Crippen molar-refractivity contribution >= 4 is 35.6 Å². The van der Waals surface area contributed by atoms with Crippen LogP contribution in [-0.4, -0.2) is 12.6 Å². The third-order valence-electron chi connectivity index (χ3n) is 4.17. The Bertz CT molecular complexity index is 714. The van der Waals surface area contributed by atoms with Gasteiger partial charge in [-0.15, -0.1) is 24.0 Å². The number of guanidine groups is 1. The molecule has 4 nitrogen and oxygen atoms in total. The third-order valence-corrected chi connectivity index (χ3v) is 4.17. The lowest BCUT2D eigenvalue weighted by molar-refractivity contribution is 0.297. The number of aliphatic imine (C=N–C) groups is 1. The van der Waals surface area contributed by atoms with Gasteiger partial charge in [0.1, 0.15) is 5.75 Å². The Morgan fingerprint density at radius 3 is 2.76 bits per heavy atom. The first-order valence-electron chi connectivity index (χ1n) is 8.61. The molecule has 3 N–H and O–H groups in total. The van der Waals surface area contributed by atoms with E-state index in [9.17, 15) is 0 Å². The van der Waals surface area contributed by atoms with Crippen molar-refractivity contribution in [3.63, 3.8) is 0 Å². The van der Waals surface area contributed by atoms with Crippen LogP contribution in [0, 0.1) is 5.92 Å². The first-order chi connectivity index (χ1) is 11.7. The molecule has 3 rings (SSSR count). The summed E-state index contributed by atoms with van der Waals surface area (Å²) in [6.07, 6.45) is 3.57. The van der Waals surface area contributed by atoms with Gasteiger partial charge >= 0.3 is 0 Å². The molecule has 1 fully saturated rings. The fourth-order valence-electron chi connectivity index (χ4n) is 2.49. The summed E-state index contributed by atoms with van der Waals surface area (Å²) in [5.74, 6) is 2.06. The molecule has 0 unspecified atom stereocenters. The van der Waals surface area contributed by atoms with E-state index in [4.69, 9.17) is 10.5 Å². The van der Waals surface area contributed by atoms with Gasteiger partial charge < -0.3 is 15.8 Å². The molecule has 0 aliphatic heterocycles. The third kappa shape index (κ3) is 6.23. The van der Waals surface area contributed by atoms with Gasteiger partial charge in [0.15, 0.2) is 5.96 Å². The van der Waals surface area contributed by atoms with Crippen LogP contribution in [0.3, 0.4) is 0 Å². The molecule has 0 saturated heterocycles. The predicted octanol–water partition coefficient (Wildman–Crippen LogP) is 4.58. The lowest BCUT2D eigenvalue weighted by Gasteiger charge is -2.10. The largest absolute Gasteiger partial charge is 0.493 e. The minimum absolute atomic E-state index is 0. The van der Waals surface area contributed by atoms with E-state index in [2.05, 4.69) is 29.4 Å². The zero-order chi connectivity index (χ0) is 16.8. The molecule has 25 heavy (non-hydrogen) atoms. The number of rotatable bonds is 7. The van der Waals surface area contributed by atoms with Crippen LogP contribution in [0.4, 0.5) is 5.69 Å². The highest BCUT2D eigenvalue weighted by atomic mass is 127. The van der Waals surface area contributed by atoms with Crippen LogP contribution in [-0.2, 0) is 13.0 Å². The Kier molecular flexibility index (Phi) is 7.55. The lowest BCUT2D eigenvalue weighted by Crippen LogP contribution is -2.22. The highest BCUT2D eigenvalue weighted by Crippen LogP contribution is 2.30. The fraction of sp³-hybridized carbons (Fsp3) is 0.350. The Labute approximate surface area is 166 Å². The standard InChI is InChI=1S/C20H25N3O.HI/c1-2-15-6-5-8-18(12-15)23-20(21)22-13-17-7-3-4-9-19(17)24-14-16-10-11-16;/h3-9,12,16H,2,10-11,13-14H2,1H3,(H3,21,22,23);1H. The molecule has 2 aromatic rings. The molecule has 0 amide bonds. The summed E-state index contributed by atoms with van der Waals surface area (Å²) in [7, 11) is 0. The number of ether oxygens (including phenoxy) is 1. The molecule has 1 aliphatic carbocycles. The van der Waals surface area contributed by atoms with Crippen LogP contribution in [0.5, 0.6) is 5.75 Å². The van der Waals surface area contributed by atoms with Crippen LogP contribution in [0.2, 0.25) is 0 Å². The second-order valence-corrected chi connectivity index (χ2v) is 6.24. The summed E-state index contributed by atoms with van der Waals surface area (Å²) < 4.78 is 5.91. The summed E-state index contributed by atoms with van der Waals surface area (Å²) in [4.78, 5) is 4.45. The van der Waals surface area contributed by atoms with Gasteiger partial charge in [-0.25, -0.2) is 4.99 Å². The van der Waals surface area contributed by atoms with E-state index >= 15 is 0 Å². The van der Waals surface area contributed by atoms with Crippen molar-refractivity contribution in [2.45, 2.75) is 32.7 Å². The van der Waals surface area contributed by atoms with Gasteiger partial charge in [-0.05, 0) is 48.9 Å². The van der Waals surface area contributed by atoms with Gasteiger partial charge in [-0.3, -0.25) is 0 Å². The number of hydrogen-bond acceptors (Lipinski definition) is 2. The fourth-order valence-corrected chi connectivity index (χ4v) is 2.49. The molecule has 2 aromatic carbocycles. The molecule has 1 aliphatic rings. The van der Waals surface area contributed by atoms with Crippen LogP contribution >= 0.6 is 24.0 Å². The van der Waals surface area contributed by atoms with Crippen LogP contribution < -0.4 is 15.8 Å². The van der Waals surface area contributed by atoms with E-state index < -0.39 is 0 Å². The molecule has 0 heterocycles. The maximum absolute atomic E-state index is 6.03. The molecule has 134 valence electrons. The quantitative estimate of drug-likeness (QED) is 0.368. The van der Waals surface area contributed by atoms with E-state index in [0.29, 0.717) is 12.5 Å². The minimum Gasteiger partial charge on any atom is -0.493 e. The average Bonchev–Trinajstić information content (AvgIpc) is 3.43. The van der Waals surface area contributed by atoms with Crippen molar-refractivity contribution in [3.8, 4) is 5.75 Å². The summed E-state index contributed by atoms with van der Waals surface area (Å²) in [6, 6.07) is 16.2. The van der Waals surface area contributed by atoms with E-state index in [-0.39, 0.29) is 24.0 Å². The summed E-state index contributed by atoms with van der Waals surface area (Å²) in [6.45, 7) is 3.44. The summed E-state index contributed by atoms with van der Waals surface area (Å²) in [5, 5.41) is 3.15. The van der Waals surface area contributed by atoms with Crippen molar-refractivity contribution in [2.75, 3.05) is 11.9 Å². The molecule has 0 bridgehead atoms. The maximum atomic E-state index is 6.03. The van der Waals surface area contributed by atoms with E-state index in [0.717, 1.165) is 35.9 Å². The number of halogens is 1. The highest BCUT2D eigenvalue weighted by Gasteiger charge is 2.22. The maximum Gasteiger partial charge on any atom is 0.193 e. The Balaban J connectivity index is 0.00000225. The van der Waals surface area contributed by atoms with Gasteiger partial charge in [0.2, 0.25) is 0 Å². The minimum atomic E-state index is 0. The number of hydrogen-bond donors (Lipinski definition) is 2. The van der Waals surface area contributed by atoms with Crippen molar-refractivity contribution in [1.29, 1.82) is 0 Å². The molecular weight excluding hydrogens is 425 g/mol. The van der Waals surface area contributed by atoms with Gasteiger partial charge in [-0.2, -0.15) is 0 Å². The number of nitrogens with one attached hydrogen (secondary N) is 1. The second-order valence-electron chi connectivity index (χ2n) is 6.24. The number of aryl methyl sites for hydroxylation is 1. The number of benzene rings is 2. The van der Waals surface area contributed by atoms with Gasteiger partial charge in [0, 0.05) is 11.3 Å². The first kappa shape index (κ1) is 19.6.